The van der Waals surface area contributed by atoms with E-state index in [1.807, 2.05) is 0 Å². The maximum absolute atomic E-state index is 4.81. The summed E-state index contributed by atoms with van der Waals surface area (Å²) < 4.78 is 2.15. The Kier molecular flexibility index (Phi) is 4.39. The fourth-order valence-corrected chi connectivity index (χ4v) is 3.37. The molecule has 0 amide bonds. The van der Waals surface area contributed by atoms with Crippen LogP contribution in [0.25, 0.3) is 0 Å². The van der Waals surface area contributed by atoms with E-state index in [-0.39, 0.29) is 0 Å². The second-order valence-corrected chi connectivity index (χ2v) is 5.99. The van der Waals surface area contributed by atoms with Crippen molar-refractivity contribution >= 4 is 0 Å². The van der Waals surface area contributed by atoms with E-state index in [9.17, 15) is 0 Å². The quantitative estimate of drug-likeness (QED) is 0.907. The molecule has 3 heteroatoms. The Balaban J connectivity index is 1.76. The van der Waals surface area contributed by atoms with Gasteiger partial charge >= 0.3 is 0 Å². The smallest absolute Gasteiger partial charge is 0.0631 e. The SMILES string of the molecule is CCC(CC)n1ccc(CC2CNCc3ccccc32)n1. The fraction of sp³-hybridized carbons (Fsp3) is 0.500. The van der Waals surface area contributed by atoms with E-state index in [0.717, 1.165) is 32.4 Å². The van der Waals surface area contributed by atoms with Gasteiger partial charge in [0.15, 0.2) is 0 Å². The normalized spacial score (nSPS) is 18.0. The summed E-state index contributed by atoms with van der Waals surface area (Å²) in [5.41, 5.74) is 4.15. The molecule has 1 aliphatic rings. The van der Waals surface area contributed by atoms with Gasteiger partial charge in [-0.15, -0.1) is 0 Å². The lowest BCUT2D eigenvalue weighted by Crippen LogP contribution is -2.29. The molecule has 1 aromatic carbocycles. The fourth-order valence-electron chi connectivity index (χ4n) is 3.37. The van der Waals surface area contributed by atoms with Gasteiger partial charge in [0, 0.05) is 25.2 Å². The highest BCUT2D eigenvalue weighted by Gasteiger charge is 2.20. The van der Waals surface area contributed by atoms with Gasteiger partial charge in [0.25, 0.3) is 0 Å². The third-order valence-corrected chi connectivity index (χ3v) is 4.64. The van der Waals surface area contributed by atoms with E-state index in [0.29, 0.717) is 12.0 Å². The average Bonchev–Trinajstić information content (AvgIpc) is 2.97. The Labute approximate surface area is 127 Å². The second kappa shape index (κ2) is 6.44. The lowest BCUT2D eigenvalue weighted by atomic mass is 9.88. The molecule has 112 valence electrons. The molecule has 0 bridgehead atoms. The molecule has 1 N–H and O–H groups in total. The first-order valence-electron chi connectivity index (χ1n) is 8.14. The van der Waals surface area contributed by atoms with Gasteiger partial charge in [-0.05, 0) is 36.5 Å². The minimum atomic E-state index is 0.538. The highest BCUT2D eigenvalue weighted by molar-refractivity contribution is 5.33. The topological polar surface area (TPSA) is 29.9 Å². The van der Waals surface area contributed by atoms with Crippen molar-refractivity contribution in [1.82, 2.24) is 15.1 Å². The summed E-state index contributed by atoms with van der Waals surface area (Å²) in [6, 6.07) is 11.5. The van der Waals surface area contributed by atoms with Gasteiger partial charge in [0.1, 0.15) is 0 Å². The van der Waals surface area contributed by atoms with Crippen LogP contribution in [-0.2, 0) is 13.0 Å². The highest BCUT2D eigenvalue weighted by atomic mass is 15.3. The minimum Gasteiger partial charge on any atom is -0.312 e. The lowest BCUT2D eigenvalue weighted by molar-refractivity contribution is 0.423. The van der Waals surface area contributed by atoms with Gasteiger partial charge in [-0.2, -0.15) is 5.10 Å². The summed E-state index contributed by atoms with van der Waals surface area (Å²) in [7, 11) is 0. The number of aromatic nitrogens is 2. The van der Waals surface area contributed by atoms with Gasteiger partial charge in [0.05, 0.1) is 11.7 Å². The predicted octanol–water partition coefficient (Wildman–Crippen LogP) is 3.67. The average molecular weight is 283 g/mol. The van der Waals surface area contributed by atoms with Gasteiger partial charge in [0.2, 0.25) is 0 Å². The standard InChI is InChI=1S/C18H25N3/c1-3-17(4-2)21-10-9-16(20-21)11-15-13-19-12-14-7-5-6-8-18(14)15/h5-10,15,17,19H,3-4,11-13H2,1-2H3. The van der Waals surface area contributed by atoms with Crippen LogP contribution < -0.4 is 5.32 Å². The molecule has 2 aromatic rings. The summed E-state index contributed by atoms with van der Waals surface area (Å²) in [5.74, 6) is 0.542. The highest BCUT2D eigenvalue weighted by Crippen LogP contribution is 2.27. The number of rotatable bonds is 5. The predicted molar refractivity (Wildman–Crippen MR) is 86.4 cm³/mol. The van der Waals surface area contributed by atoms with Crippen LogP contribution in [-0.4, -0.2) is 16.3 Å². The van der Waals surface area contributed by atoms with Gasteiger partial charge < -0.3 is 5.32 Å². The monoisotopic (exact) mass is 283 g/mol. The van der Waals surface area contributed by atoms with Crippen molar-refractivity contribution in [3.63, 3.8) is 0 Å². The van der Waals surface area contributed by atoms with E-state index in [1.54, 1.807) is 0 Å². The molecule has 1 atom stereocenters. The van der Waals surface area contributed by atoms with Crippen LogP contribution >= 0.6 is 0 Å². The summed E-state index contributed by atoms with van der Waals surface area (Å²) in [6.45, 7) is 6.51. The van der Waals surface area contributed by atoms with Gasteiger partial charge in [-0.1, -0.05) is 38.1 Å². The Morgan fingerprint density at radius 2 is 2.05 bits per heavy atom. The van der Waals surface area contributed by atoms with Crippen LogP contribution in [0.15, 0.2) is 36.5 Å². The summed E-state index contributed by atoms with van der Waals surface area (Å²) in [5, 5.41) is 8.34. The van der Waals surface area contributed by atoms with Crippen molar-refractivity contribution in [2.45, 2.75) is 51.6 Å². The van der Waals surface area contributed by atoms with Crippen LogP contribution in [0, 0.1) is 0 Å². The largest absolute Gasteiger partial charge is 0.312 e. The minimum absolute atomic E-state index is 0.538. The first-order valence-corrected chi connectivity index (χ1v) is 8.14. The second-order valence-electron chi connectivity index (χ2n) is 5.99. The van der Waals surface area contributed by atoms with Gasteiger partial charge in [-0.25, -0.2) is 0 Å². The van der Waals surface area contributed by atoms with Crippen molar-refractivity contribution in [2.24, 2.45) is 0 Å². The molecule has 1 unspecified atom stereocenters. The molecule has 0 saturated carbocycles. The summed E-state index contributed by atoms with van der Waals surface area (Å²) in [4.78, 5) is 0. The summed E-state index contributed by atoms with van der Waals surface area (Å²) in [6.07, 6.45) is 5.46. The molecular weight excluding hydrogens is 258 g/mol. The number of fused-ring (bicyclic) bond motifs is 1. The number of nitrogens with zero attached hydrogens (tertiary/aromatic N) is 2. The maximum atomic E-state index is 4.81. The molecule has 1 aliphatic heterocycles. The third kappa shape index (κ3) is 3.03. The molecule has 1 aromatic heterocycles. The Morgan fingerprint density at radius 3 is 2.86 bits per heavy atom. The van der Waals surface area contributed by atoms with Gasteiger partial charge in [-0.3, -0.25) is 4.68 Å². The molecule has 2 heterocycles. The van der Waals surface area contributed by atoms with Crippen molar-refractivity contribution in [3.05, 3.63) is 53.3 Å². The number of benzene rings is 1. The Hall–Kier alpha value is -1.61. The molecule has 3 rings (SSSR count). The number of hydrogen-bond donors (Lipinski definition) is 1. The first-order chi connectivity index (χ1) is 10.3. The molecule has 21 heavy (non-hydrogen) atoms. The molecule has 0 saturated heterocycles. The van der Waals surface area contributed by atoms with Crippen LogP contribution in [0.4, 0.5) is 0 Å². The van der Waals surface area contributed by atoms with E-state index < -0.39 is 0 Å². The molecule has 0 radical (unpaired) electrons. The zero-order valence-electron chi connectivity index (χ0n) is 13.0. The number of nitrogens with one attached hydrogen (secondary N) is 1. The van der Waals surface area contributed by atoms with E-state index in [4.69, 9.17) is 5.10 Å². The zero-order valence-corrected chi connectivity index (χ0v) is 13.0. The van der Waals surface area contributed by atoms with Crippen LogP contribution in [0.3, 0.4) is 0 Å². The third-order valence-electron chi connectivity index (χ3n) is 4.64. The van der Waals surface area contributed by atoms with E-state index in [2.05, 4.69) is 60.4 Å². The van der Waals surface area contributed by atoms with Crippen molar-refractivity contribution < 1.29 is 0 Å². The van der Waals surface area contributed by atoms with Crippen molar-refractivity contribution in [2.75, 3.05) is 6.54 Å². The molecule has 0 aliphatic carbocycles. The maximum Gasteiger partial charge on any atom is 0.0631 e. The zero-order chi connectivity index (χ0) is 14.7. The van der Waals surface area contributed by atoms with E-state index in [1.165, 1.54) is 16.8 Å². The van der Waals surface area contributed by atoms with Crippen LogP contribution in [0.5, 0.6) is 0 Å². The molecule has 3 nitrogen and oxygen atoms in total. The van der Waals surface area contributed by atoms with Crippen molar-refractivity contribution in [1.29, 1.82) is 0 Å². The van der Waals surface area contributed by atoms with Crippen molar-refractivity contribution in [3.8, 4) is 0 Å². The number of hydrogen-bond acceptors (Lipinski definition) is 2. The van der Waals surface area contributed by atoms with Crippen LogP contribution in [0.1, 0.15) is 55.5 Å². The Morgan fingerprint density at radius 1 is 1.24 bits per heavy atom. The molecule has 0 fully saturated rings. The molecular formula is C18H25N3. The lowest BCUT2D eigenvalue weighted by Gasteiger charge is -2.25. The Bertz CT molecular complexity index is 584. The summed E-state index contributed by atoms with van der Waals surface area (Å²) >= 11 is 0. The van der Waals surface area contributed by atoms with Crippen LogP contribution in [0.2, 0.25) is 0 Å². The van der Waals surface area contributed by atoms with E-state index >= 15 is 0 Å². The molecule has 0 spiro atoms. The first kappa shape index (κ1) is 14.3.